The number of ketones is 1. The first-order valence-electron chi connectivity index (χ1n) is 7.10. The second-order valence-corrected chi connectivity index (χ2v) is 5.60. The standard InChI is InChI=1S/C16H18ClN3O2/c1-4-19-10-12(9-18-19)15(21)16(22)20(11(2)3)14-7-5-13(17)6-8-14/h5-11H,4H2,1-3H3. The van der Waals surface area contributed by atoms with Gasteiger partial charge in [0.1, 0.15) is 0 Å². The Hall–Kier alpha value is -2.14. The molecule has 0 N–H and O–H groups in total. The lowest BCUT2D eigenvalue weighted by Gasteiger charge is -2.26. The van der Waals surface area contributed by atoms with E-state index >= 15 is 0 Å². The van der Waals surface area contributed by atoms with Crippen LogP contribution in [0.3, 0.4) is 0 Å². The second kappa shape index (κ2) is 6.75. The predicted molar refractivity (Wildman–Crippen MR) is 86.3 cm³/mol. The molecule has 0 saturated carbocycles. The summed E-state index contributed by atoms with van der Waals surface area (Å²) in [4.78, 5) is 26.4. The molecule has 0 unspecified atom stereocenters. The SMILES string of the molecule is CCn1cc(C(=O)C(=O)N(c2ccc(Cl)cc2)C(C)C)cn1. The summed E-state index contributed by atoms with van der Waals surface area (Å²) in [6.07, 6.45) is 3.00. The van der Waals surface area contributed by atoms with E-state index < -0.39 is 11.7 Å². The summed E-state index contributed by atoms with van der Waals surface area (Å²) in [5, 5.41) is 4.61. The fraction of sp³-hybridized carbons (Fsp3) is 0.312. The zero-order valence-corrected chi connectivity index (χ0v) is 13.5. The fourth-order valence-corrected chi connectivity index (χ4v) is 2.26. The van der Waals surface area contributed by atoms with Crippen molar-refractivity contribution in [1.82, 2.24) is 9.78 Å². The molecule has 0 saturated heterocycles. The van der Waals surface area contributed by atoms with E-state index in [1.807, 2.05) is 20.8 Å². The maximum absolute atomic E-state index is 12.6. The Kier molecular flexibility index (Phi) is 4.98. The zero-order chi connectivity index (χ0) is 16.3. The number of Topliss-reactive ketones (excluding diaryl/α,β-unsaturated/α-hetero) is 1. The topological polar surface area (TPSA) is 55.2 Å². The summed E-state index contributed by atoms with van der Waals surface area (Å²) in [7, 11) is 0. The Morgan fingerprint density at radius 2 is 1.91 bits per heavy atom. The minimum atomic E-state index is -0.576. The molecule has 0 atom stereocenters. The highest BCUT2D eigenvalue weighted by molar-refractivity contribution is 6.47. The molecule has 2 rings (SSSR count). The van der Waals surface area contributed by atoms with Gasteiger partial charge < -0.3 is 4.90 Å². The van der Waals surface area contributed by atoms with Gasteiger partial charge in [-0.05, 0) is 45.0 Å². The molecule has 0 fully saturated rings. The predicted octanol–water partition coefficient (Wildman–Crippen LogP) is 3.18. The number of benzene rings is 1. The number of nitrogens with zero attached hydrogens (tertiary/aromatic N) is 3. The van der Waals surface area contributed by atoms with Crippen molar-refractivity contribution in [2.24, 2.45) is 0 Å². The van der Waals surface area contributed by atoms with E-state index in [0.717, 1.165) is 0 Å². The third-order valence-electron chi connectivity index (χ3n) is 3.25. The van der Waals surface area contributed by atoms with Gasteiger partial charge in [0.05, 0.1) is 11.8 Å². The summed E-state index contributed by atoms with van der Waals surface area (Å²) < 4.78 is 1.61. The molecule has 0 bridgehead atoms. The summed E-state index contributed by atoms with van der Waals surface area (Å²) in [5.41, 5.74) is 0.937. The van der Waals surface area contributed by atoms with Crippen molar-refractivity contribution in [3.05, 3.63) is 47.2 Å². The van der Waals surface area contributed by atoms with Crippen LogP contribution in [0.4, 0.5) is 5.69 Å². The van der Waals surface area contributed by atoms with Crippen molar-refractivity contribution in [3.8, 4) is 0 Å². The Bertz CT molecular complexity index is 677. The van der Waals surface area contributed by atoms with Crippen LogP contribution in [0.25, 0.3) is 0 Å². The van der Waals surface area contributed by atoms with Gasteiger partial charge in [0.2, 0.25) is 0 Å². The number of hydrogen-bond acceptors (Lipinski definition) is 3. The number of carbonyl (C=O) groups is 2. The molecular weight excluding hydrogens is 302 g/mol. The van der Waals surface area contributed by atoms with Gasteiger partial charge in [0.15, 0.2) is 0 Å². The Morgan fingerprint density at radius 1 is 1.27 bits per heavy atom. The van der Waals surface area contributed by atoms with Crippen LogP contribution in [0.5, 0.6) is 0 Å². The number of halogens is 1. The van der Waals surface area contributed by atoms with Crippen LogP contribution < -0.4 is 4.90 Å². The summed E-state index contributed by atoms with van der Waals surface area (Å²) in [6, 6.07) is 6.68. The Labute approximate surface area is 134 Å². The smallest absolute Gasteiger partial charge is 0.299 e. The fourth-order valence-electron chi connectivity index (χ4n) is 2.14. The number of rotatable bonds is 5. The highest BCUT2D eigenvalue weighted by Gasteiger charge is 2.27. The lowest BCUT2D eigenvalue weighted by atomic mass is 10.1. The molecule has 0 radical (unpaired) electrons. The van der Waals surface area contributed by atoms with Crippen molar-refractivity contribution in [2.45, 2.75) is 33.4 Å². The maximum atomic E-state index is 12.6. The van der Waals surface area contributed by atoms with Gasteiger partial charge in [0.25, 0.3) is 11.7 Å². The number of aromatic nitrogens is 2. The first-order chi connectivity index (χ1) is 10.4. The van der Waals surface area contributed by atoms with Crippen molar-refractivity contribution in [2.75, 3.05) is 4.90 Å². The summed E-state index contributed by atoms with van der Waals surface area (Å²) in [5.74, 6) is -1.14. The Balaban J connectivity index is 2.30. The van der Waals surface area contributed by atoms with Gasteiger partial charge in [-0.1, -0.05) is 11.6 Å². The molecule has 5 nitrogen and oxygen atoms in total. The number of carbonyl (C=O) groups excluding carboxylic acids is 2. The molecule has 0 aliphatic heterocycles. The van der Waals surface area contributed by atoms with Crippen molar-refractivity contribution < 1.29 is 9.59 Å². The molecule has 22 heavy (non-hydrogen) atoms. The number of aryl methyl sites for hydroxylation is 1. The van der Waals surface area contributed by atoms with E-state index in [9.17, 15) is 9.59 Å². The number of anilines is 1. The third-order valence-corrected chi connectivity index (χ3v) is 3.51. The van der Waals surface area contributed by atoms with E-state index in [1.165, 1.54) is 11.1 Å². The number of hydrogen-bond donors (Lipinski definition) is 0. The molecule has 2 aromatic rings. The Morgan fingerprint density at radius 3 is 2.41 bits per heavy atom. The van der Waals surface area contributed by atoms with Crippen LogP contribution in [0.2, 0.25) is 5.02 Å². The van der Waals surface area contributed by atoms with Gasteiger partial charge in [-0.2, -0.15) is 5.10 Å². The molecule has 1 aromatic carbocycles. The first kappa shape index (κ1) is 16.2. The monoisotopic (exact) mass is 319 g/mol. The molecular formula is C16H18ClN3O2. The van der Waals surface area contributed by atoms with Crippen molar-refractivity contribution in [1.29, 1.82) is 0 Å². The van der Waals surface area contributed by atoms with Crippen molar-refractivity contribution >= 4 is 29.0 Å². The summed E-state index contributed by atoms with van der Waals surface area (Å²) in [6.45, 7) is 6.27. The van der Waals surface area contributed by atoms with Gasteiger partial charge in [0, 0.05) is 29.5 Å². The lowest BCUT2D eigenvalue weighted by molar-refractivity contribution is -0.115. The molecule has 116 valence electrons. The van der Waals surface area contributed by atoms with E-state index in [1.54, 1.807) is 35.1 Å². The number of amides is 1. The minimum Gasteiger partial charge on any atom is -0.303 e. The van der Waals surface area contributed by atoms with E-state index in [2.05, 4.69) is 5.10 Å². The van der Waals surface area contributed by atoms with Crippen LogP contribution in [-0.2, 0) is 11.3 Å². The van der Waals surface area contributed by atoms with Gasteiger partial charge in [-0.25, -0.2) is 0 Å². The largest absolute Gasteiger partial charge is 0.303 e. The average molecular weight is 320 g/mol. The molecule has 1 amide bonds. The van der Waals surface area contributed by atoms with E-state index in [-0.39, 0.29) is 6.04 Å². The van der Waals surface area contributed by atoms with Crippen LogP contribution in [0, 0.1) is 0 Å². The molecule has 0 aliphatic rings. The molecule has 1 aromatic heterocycles. The van der Waals surface area contributed by atoms with E-state index in [0.29, 0.717) is 22.8 Å². The van der Waals surface area contributed by atoms with E-state index in [4.69, 9.17) is 11.6 Å². The molecule has 0 aliphatic carbocycles. The third kappa shape index (κ3) is 3.36. The van der Waals surface area contributed by atoms with Crippen LogP contribution >= 0.6 is 11.6 Å². The molecule has 1 heterocycles. The average Bonchev–Trinajstić information content (AvgIpc) is 2.97. The quantitative estimate of drug-likeness (QED) is 0.628. The van der Waals surface area contributed by atoms with Crippen LogP contribution in [-0.4, -0.2) is 27.5 Å². The normalized spacial score (nSPS) is 10.8. The lowest BCUT2D eigenvalue weighted by Crippen LogP contribution is -2.41. The van der Waals surface area contributed by atoms with Crippen LogP contribution in [0.15, 0.2) is 36.7 Å². The zero-order valence-electron chi connectivity index (χ0n) is 12.8. The van der Waals surface area contributed by atoms with Crippen LogP contribution in [0.1, 0.15) is 31.1 Å². The van der Waals surface area contributed by atoms with Crippen molar-refractivity contribution in [3.63, 3.8) is 0 Å². The minimum absolute atomic E-state index is 0.154. The second-order valence-electron chi connectivity index (χ2n) is 5.16. The highest BCUT2D eigenvalue weighted by atomic mass is 35.5. The highest BCUT2D eigenvalue weighted by Crippen LogP contribution is 2.21. The summed E-state index contributed by atoms with van der Waals surface area (Å²) >= 11 is 5.87. The first-order valence-corrected chi connectivity index (χ1v) is 7.47. The molecule has 0 spiro atoms. The molecule has 6 heteroatoms. The van der Waals surface area contributed by atoms with Gasteiger partial charge >= 0.3 is 0 Å². The van der Waals surface area contributed by atoms with Gasteiger partial charge in [-0.3, -0.25) is 14.3 Å². The van der Waals surface area contributed by atoms with Gasteiger partial charge in [-0.15, -0.1) is 0 Å². The maximum Gasteiger partial charge on any atom is 0.299 e.